The van der Waals surface area contributed by atoms with E-state index in [1.165, 1.54) is 0 Å². The van der Waals surface area contributed by atoms with Crippen molar-refractivity contribution in [1.29, 1.82) is 0 Å². The summed E-state index contributed by atoms with van der Waals surface area (Å²) in [6, 6.07) is 14.5. The zero-order valence-corrected chi connectivity index (χ0v) is 24.3. The average Bonchev–Trinajstić information content (AvgIpc) is 3.24. The first kappa shape index (κ1) is 28.1. The monoisotopic (exact) mass is 581 g/mol. The highest BCUT2D eigenvalue weighted by Crippen LogP contribution is 2.38. The molecule has 4 aromatic rings. The smallest absolute Gasteiger partial charge is 0.410 e. The number of hydrogen-bond acceptors (Lipinski definition) is 6. The number of hydrogen-bond donors (Lipinski definition) is 2. The molecule has 0 aliphatic carbocycles. The number of carbonyl (C=O) groups is 1. The van der Waals surface area contributed by atoms with Crippen molar-refractivity contribution >= 4 is 46.3 Å². The fourth-order valence-electron chi connectivity index (χ4n) is 5.02. The summed E-state index contributed by atoms with van der Waals surface area (Å²) in [6.45, 7) is 8.02. The van der Waals surface area contributed by atoms with Crippen molar-refractivity contribution in [2.24, 2.45) is 5.92 Å². The summed E-state index contributed by atoms with van der Waals surface area (Å²) in [7, 11) is 0. The first-order valence-electron chi connectivity index (χ1n) is 13.4. The minimum Gasteiger partial charge on any atom is -0.508 e. The number of anilines is 1. The van der Waals surface area contributed by atoms with E-state index < -0.39 is 5.60 Å². The molecule has 8 nitrogen and oxygen atoms in total. The Morgan fingerprint density at radius 2 is 1.88 bits per heavy atom. The molecule has 1 saturated heterocycles. The van der Waals surface area contributed by atoms with Gasteiger partial charge >= 0.3 is 6.09 Å². The van der Waals surface area contributed by atoms with E-state index in [4.69, 9.17) is 32.9 Å². The summed E-state index contributed by atoms with van der Waals surface area (Å²) in [4.78, 5) is 24.0. The molecule has 0 radical (unpaired) electrons. The SMILES string of the molecule is CC(C)(C)OC(=O)N1CCCC(Cn2c(-c3c(Cl)cccc3Cl)cc3cnc(NCc4ccc(O)cc4)nc32)C1. The lowest BCUT2D eigenvalue weighted by Gasteiger charge is -2.34. The molecule has 1 fully saturated rings. The van der Waals surface area contributed by atoms with E-state index in [1.54, 1.807) is 23.2 Å². The van der Waals surface area contributed by atoms with Crippen molar-refractivity contribution in [3.8, 4) is 17.0 Å². The highest BCUT2D eigenvalue weighted by molar-refractivity contribution is 6.39. The summed E-state index contributed by atoms with van der Waals surface area (Å²) in [5.74, 6) is 0.883. The second kappa shape index (κ2) is 11.6. The Hall–Kier alpha value is -3.49. The third-order valence-corrected chi connectivity index (χ3v) is 7.48. The van der Waals surface area contributed by atoms with Crippen molar-refractivity contribution < 1.29 is 14.6 Å². The number of rotatable bonds is 6. The maximum atomic E-state index is 12.8. The van der Waals surface area contributed by atoms with Crippen LogP contribution in [-0.4, -0.2) is 49.3 Å². The molecule has 1 aliphatic heterocycles. The molecule has 1 amide bonds. The number of nitrogens with one attached hydrogen (secondary N) is 1. The molecule has 210 valence electrons. The number of phenolic OH excluding ortho intramolecular Hbond substituents is 1. The van der Waals surface area contributed by atoms with E-state index in [-0.39, 0.29) is 17.8 Å². The van der Waals surface area contributed by atoms with Gasteiger partial charge in [-0.15, -0.1) is 0 Å². The Labute approximate surface area is 243 Å². The minimum atomic E-state index is -0.547. The lowest BCUT2D eigenvalue weighted by Crippen LogP contribution is -2.43. The van der Waals surface area contributed by atoms with Crippen LogP contribution in [0.5, 0.6) is 5.75 Å². The topological polar surface area (TPSA) is 92.5 Å². The molecule has 0 bridgehead atoms. The molecular weight excluding hydrogens is 549 g/mol. The minimum absolute atomic E-state index is 0.181. The number of aromatic nitrogens is 3. The van der Waals surface area contributed by atoms with Crippen LogP contribution >= 0.6 is 23.2 Å². The highest BCUT2D eigenvalue weighted by Gasteiger charge is 2.29. The summed E-state index contributed by atoms with van der Waals surface area (Å²) < 4.78 is 7.78. The van der Waals surface area contributed by atoms with Crippen LogP contribution in [-0.2, 0) is 17.8 Å². The Morgan fingerprint density at radius 1 is 1.15 bits per heavy atom. The fourth-order valence-corrected chi connectivity index (χ4v) is 5.61. The Kier molecular flexibility index (Phi) is 8.10. The van der Waals surface area contributed by atoms with Gasteiger partial charge in [0.25, 0.3) is 0 Å². The predicted octanol–water partition coefficient (Wildman–Crippen LogP) is 7.37. The number of fused-ring (bicyclic) bond motifs is 1. The molecule has 0 saturated carbocycles. The fraction of sp³-hybridized carbons (Fsp3) is 0.367. The van der Waals surface area contributed by atoms with Gasteiger partial charge in [0.15, 0.2) is 0 Å². The van der Waals surface area contributed by atoms with Gasteiger partial charge in [-0.25, -0.2) is 9.78 Å². The van der Waals surface area contributed by atoms with E-state index in [1.807, 2.05) is 57.2 Å². The van der Waals surface area contributed by atoms with E-state index in [9.17, 15) is 9.90 Å². The molecule has 3 heterocycles. The number of halogens is 2. The quantitative estimate of drug-likeness (QED) is 0.247. The maximum absolute atomic E-state index is 12.8. The predicted molar refractivity (Wildman–Crippen MR) is 159 cm³/mol. The number of likely N-dealkylation sites (tertiary alicyclic amines) is 1. The molecule has 40 heavy (non-hydrogen) atoms. The van der Waals surface area contributed by atoms with E-state index in [2.05, 4.69) is 14.9 Å². The maximum Gasteiger partial charge on any atom is 0.410 e. The van der Waals surface area contributed by atoms with Gasteiger partial charge in [-0.3, -0.25) is 0 Å². The molecule has 10 heteroatoms. The van der Waals surface area contributed by atoms with E-state index >= 15 is 0 Å². The van der Waals surface area contributed by atoms with E-state index in [0.717, 1.165) is 40.7 Å². The normalized spacial score (nSPS) is 15.8. The van der Waals surface area contributed by atoms with Gasteiger partial charge in [0.05, 0.1) is 15.7 Å². The van der Waals surface area contributed by atoms with Crippen LogP contribution in [0, 0.1) is 5.92 Å². The van der Waals surface area contributed by atoms with Crippen molar-refractivity contribution in [1.82, 2.24) is 19.4 Å². The van der Waals surface area contributed by atoms with Gasteiger partial charge in [0, 0.05) is 43.3 Å². The van der Waals surface area contributed by atoms with Crippen LogP contribution < -0.4 is 5.32 Å². The zero-order chi connectivity index (χ0) is 28.4. The molecule has 1 unspecified atom stereocenters. The largest absolute Gasteiger partial charge is 0.508 e. The summed E-state index contributed by atoms with van der Waals surface area (Å²) >= 11 is 13.3. The summed E-state index contributed by atoms with van der Waals surface area (Å²) in [5, 5.41) is 14.8. The molecule has 1 atom stereocenters. The molecule has 2 aromatic carbocycles. The van der Waals surface area contributed by atoms with Gasteiger partial charge in [-0.2, -0.15) is 4.98 Å². The standard InChI is InChI=1S/C30H33Cl2N5O3/c1-30(2,3)40-29(39)36-13-5-6-20(17-36)18-37-25(26-23(31)7-4-8-24(26)32)14-21-16-34-28(35-27(21)37)33-15-19-9-11-22(38)12-10-19/h4,7-12,14,16,20,38H,5-6,13,15,17-18H2,1-3H3,(H,33,34,35). The van der Waals surface area contributed by atoms with Crippen molar-refractivity contribution in [2.75, 3.05) is 18.4 Å². The second-order valence-electron chi connectivity index (χ2n) is 11.2. The van der Waals surface area contributed by atoms with Crippen molar-refractivity contribution in [3.05, 3.63) is 70.3 Å². The van der Waals surface area contributed by atoms with Crippen molar-refractivity contribution in [2.45, 2.75) is 52.3 Å². The van der Waals surface area contributed by atoms with Gasteiger partial charge in [-0.05, 0) is 75.4 Å². The average molecular weight is 583 g/mol. The Bertz CT molecular complexity index is 1490. The molecule has 0 spiro atoms. The van der Waals surface area contributed by atoms with Gasteiger partial charge in [0.1, 0.15) is 17.0 Å². The third kappa shape index (κ3) is 6.45. The van der Waals surface area contributed by atoms with Crippen LogP contribution in [0.3, 0.4) is 0 Å². The van der Waals surface area contributed by atoms with Crippen molar-refractivity contribution in [3.63, 3.8) is 0 Å². The number of ether oxygens (including phenoxy) is 1. The van der Waals surface area contributed by atoms with Crippen LogP contribution in [0.2, 0.25) is 10.0 Å². The number of amides is 1. The van der Waals surface area contributed by atoms with Gasteiger partial charge in [-0.1, -0.05) is 41.4 Å². The molecular formula is C30H33Cl2N5O3. The molecule has 2 N–H and O–H groups in total. The number of piperidine rings is 1. The third-order valence-electron chi connectivity index (χ3n) is 6.85. The van der Waals surface area contributed by atoms with E-state index in [0.29, 0.717) is 42.2 Å². The lowest BCUT2D eigenvalue weighted by molar-refractivity contribution is 0.0158. The van der Waals surface area contributed by atoms with Crippen LogP contribution in [0.1, 0.15) is 39.2 Å². The van der Waals surface area contributed by atoms with Crippen LogP contribution in [0.25, 0.3) is 22.3 Å². The number of phenols is 1. The summed E-state index contributed by atoms with van der Waals surface area (Å²) in [6.07, 6.45) is 3.36. The highest BCUT2D eigenvalue weighted by atomic mass is 35.5. The number of nitrogens with zero attached hydrogens (tertiary/aromatic N) is 4. The molecule has 1 aliphatic rings. The van der Waals surface area contributed by atoms with Crippen LogP contribution in [0.15, 0.2) is 54.7 Å². The Balaban J connectivity index is 1.48. The summed E-state index contributed by atoms with van der Waals surface area (Å²) in [5.41, 5.74) is 2.79. The molecule has 5 rings (SSSR count). The number of benzene rings is 2. The zero-order valence-electron chi connectivity index (χ0n) is 22.8. The van der Waals surface area contributed by atoms with Gasteiger partial charge in [0.2, 0.25) is 5.95 Å². The van der Waals surface area contributed by atoms with Crippen LogP contribution in [0.4, 0.5) is 10.7 Å². The second-order valence-corrected chi connectivity index (χ2v) is 12.0. The number of aromatic hydroxyl groups is 1. The number of carbonyl (C=O) groups excluding carboxylic acids is 1. The van der Waals surface area contributed by atoms with Gasteiger partial charge < -0.3 is 24.6 Å². The first-order valence-corrected chi connectivity index (χ1v) is 14.1. The molecule has 2 aromatic heterocycles. The Morgan fingerprint density at radius 3 is 2.58 bits per heavy atom. The lowest BCUT2D eigenvalue weighted by atomic mass is 9.98. The first-order chi connectivity index (χ1) is 19.1.